The van der Waals surface area contributed by atoms with E-state index in [1.807, 2.05) is 0 Å². The summed E-state index contributed by atoms with van der Waals surface area (Å²) >= 11 is 0. The third kappa shape index (κ3) is 2.36. The largest absolute Gasteiger partial charge is 0.380 e. The van der Waals surface area contributed by atoms with Crippen molar-refractivity contribution in [3.8, 4) is 5.69 Å². The van der Waals surface area contributed by atoms with Crippen LogP contribution < -0.4 is 5.32 Å². The number of nitrogens with one attached hydrogen (secondary N) is 1. The zero-order chi connectivity index (χ0) is 11.4. The van der Waals surface area contributed by atoms with Gasteiger partial charge in [0, 0.05) is 6.54 Å². The van der Waals surface area contributed by atoms with Crippen LogP contribution in [0.5, 0.6) is 0 Å². The maximum absolute atomic E-state index is 12.7. The summed E-state index contributed by atoms with van der Waals surface area (Å²) in [4.78, 5) is 0. The van der Waals surface area contributed by atoms with Gasteiger partial charge in [-0.2, -0.15) is 5.10 Å². The Labute approximate surface area is 91.7 Å². The van der Waals surface area contributed by atoms with Gasteiger partial charge in [-0.15, -0.1) is 0 Å². The maximum Gasteiger partial charge on any atom is 0.123 e. The van der Waals surface area contributed by atoms with Crippen LogP contribution in [-0.4, -0.2) is 23.0 Å². The van der Waals surface area contributed by atoms with Crippen LogP contribution in [0.3, 0.4) is 0 Å². The number of aromatic nitrogens is 2. The predicted octanol–water partition coefficient (Wildman–Crippen LogP) is 2.39. The van der Waals surface area contributed by atoms with Crippen LogP contribution in [0.2, 0.25) is 0 Å². The molecule has 1 aromatic carbocycles. The lowest BCUT2D eigenvalue weighted by Crippen LogP contribution is -2.01. The molecule has 0 spiro atoms. The summed E-state index contributed by atoms with van der Waals surface area (Å²) in [7, 11) is 0. The fourth-order valence-electron chi connectivity index (χ4n) is 1.34. The van der Waals surface area contributed by atoms with Crippen molar-refractivity contribution in [3.63, 3.8) is 0 Å². The molecule has 1 aromatic heterocycles. The fourth-order valence-corrected chi connectivity index (χ4v) is 1.34. The van der Waals surface area contributed by atoms with Gasteiger partial charge in [0.1, 0.15) is 12.5 Å². The van der Waals surface area contributed by atoms with E-state index in [9.17, 15) is 8.78 Å². The number of nitrogens with zero attached hydrogens (tertiary/aromatic N) is 2. The third-order valence-electron chi connectivity index (χ3n) is 2.10. The molecule has 0 amide bonds. The van der Waals surface area contributed by atoms with Crippen molar-refractivity contribution in [2.24, 2.45) is 0 Å². The number of hydrogen-bond donors (Lipinski definition) is 1. The smallest absolute Gasteiger partial charge is 0.123 e. The first-order chi connectivity index (χ1) is 7.79. The molecule has 0 atom stereocenters. The van der Waals surface area contributed by atoms with Crippen LogP contribution in [0.15, 0.2) is 36.7 Å². The topological polar surface area (TPSA) is 29.9 Å². The lowest BCUT2D eigenvalue weighted by molar-refractivity contribution is 0.513. The van der Waals surface area contributed by atoms with Crippen molar-refractivity contribution in [2.45, 2.75) is 0 Å². The molecule has 0 fully saturated rings. The molecule has 0 aliphatic rings. The number of rotatable bonds is 4. The number of benzene rings is 1. The molecule has 0 bridgehead atoms. The predicted molar refractivity (Wildman–Crippen MR) is 58.0 cm³/mol. The Morgan fingerprint density at radius 1 is 1.25 bits per heavy atom. The highest BCUT2D eigenvalue weighted by atomic mass is 19.1. The Hall–Kier alpha value is -1.91. The second-order valence-electron chi connectivity index (χ2n) is 3.27. The monoisotopic (exact) mass is 223 g/mol. The van der Waals surface area contributed by atoms with Gasteiger partial charge in [0.25, 0.3) is 0 Å². The SMILES string of the molecule is FCCNc1cnn(-c2ccc(F)cc2)c1. The molecule has 16 heavy (non-hydrogen) atoms. The number of hydrogen-bond acceptors (Lipinski definition) is 2. The molecule has 0 radical (unpaired) electrons. The molecule has 0 saturated heterocycles. The Kier molecular flexibility index (Phi) is 3.14. The van der Waals surface area contributed by atoms with Gasteiger partial charge in [-0.1, -0.05) is 0 Å². The highest BCUT2D eigenvalue weighted by molar-refractivity contribution is 5.42. The van der Waals surface area contributed by atoms with Crippen LogP contribution in [0.1, 0.15) is 0 Å². The maximum atomic E-state index is 12.7. The molecule has 1 N–H and O–H groups in total. The molecule has 0 saturated carbocycles. The van der Waals surface area contributed by atoms with Crippen molar-refractivity contribution in [2.75, 3.05) is 18.5 Å². The summed E-state index contributed by atoms with van der Waals surface area (Å²) in [6.07, 6.45) is 3.32. The van der Waals surface area contributed by atoms with E-state index in [-0.39, 0.29) is 12.4 Å². The van der Waals surface area contributed by atoms with E-state index in [4.69, 9.17) is 0 Å². The van der Waals surface area contributed by atoms with Crippen LogP contribution in [-0.2, 0) is 0 Å². The average molecular weight is 223 g/mol. The molecule has 0 aliphatic heterocycles. The minimum Gasteiger partial charge on any atom is -0.380 e. The van der Waals surface area contributed by atoms with Gasteiger partial charge < -0.3 is 5.32 Å². The molecular weight excluding hydrogens is 212 g/mol. The lowest BCUT2D eigenvalue weighted by atomic mass is 10.3. The van der Waals surface area contributed by atoms with Crippen LogP contribution in [0.4, 0.5) is 14.5 Å². The molecular formula is C11H11F2N3. The normalized spacial score (nSPS) is 10.4. The van der Waals surface area contributed by atoms with Crippen molar-refractivity contribution in [3.05, 3.63) is 42.5 Å². The van der Waals surface area contributed by atoms with Crippen LogP contribution in [0.25, 0.3) is 5.69 Å². The quantitative estimate of drug-likeness (QED) is 0.862. The first-order valence-electron chi connectivity index (χ1n) is 4.90. The second-order valence-corrected chi connectivity index (χ2v) is 3.27. The van der Waals surface area contributed by atoms with E-state index in [0.717, 1.165) is 11.4 Å². The van der Waals surface area contributed by atoms with E-state index in [2.05, 4.69) is 10.4 Å². The summed E-state index contributed by atoms with van der Waals surface area (Å²) in [6, 6.07) is 5.99. The molecule has 0 aliphatic carbocycles. The van der Waals surface area contributed by atoms with Crippen molar-refractivity contribution >= 4 is 5.69 Å². The zero-order valence-corrected chi connectivity index (χ0v) is 8.53. The summed E-state index contributed by atoms with van der Waals surface area (Å²) < 4.78 is 26.2. The van der Waals surface area contributed by atoms with E-state index in [1.54, 1.807) is 29.2 Å². The summed E-state index contributed by atoms with van der Waals surface area (Å²) in [6.45, 7) is -0.170. The number of halogens is 2. The molecule has 3 nitrogen and oxygen atoms in total. The standard InChI is InChI=1S/C11H11F2N3/c12-5-6-14-10-7-15-16(8-10)11-3-1-9(13)2-4-11/h1-4,7-8,14H,5-6H2. The van der Waals surface area contributed by atoms with Crippen molar-refractivity contribution < 1.29 is 8.78 Å². The third-order valence-corrected chi connectivity index (χ3v) is 2.10. The van der Waals surface area contributed by atoms with E-state index in [1.165, 1.54) is 12.1 Å². The average Bonchev–Trinajstić information content (AvgIpc) is 2.76. The summed E-state index contributed by atoms with van der Waals surface area (Å²) in [5.41, 5.74) is 1.50. The van der Waals surface area contributed by atoms with E-state index < -0.39 is 6.67 Å². The van der Waals surface area contributed by atoms with Gasteiger partial charge in [0.05, 0.1) is 23.8 Å². The molecule has 2 aromatic rings. The van der Waals surface area contributed by atoms with Gasteiger partial charge >= 0.3 is 0 Å². The summed E-state index contributed by atoms with van der Waals surface area (Å²) in [5, 5.41) is 6.94. The lowest BCUT2D eigenvalue weighted by Gasteiger charge is -2.00. The number of alkyl halides is 1. The Bertz CT molecular complexity index is 451. The number of anilines is 1. The molecule has 2 rings (SSSR count). The van der Waals surface area contributed by atoms with Crippen molar-refractivity contribution in [1.29, 1.82) is 0 Å². The first-order valence-corrected chi connectivity index (χ1v) is 4.90. The van der Waals surface area contributed by atoms with Crippen LogP contribution >= 0.6 is 0 Å². The van der Waals surface area contributed by atoms with Gasteiger partial charge in [0.2, 0.25) is 0 Å². The second kappa shape index (κ2) is 4.74. The van der Waals surface area contributed by atoms with Gasteiger partial charge in [-0.3, -0.25) is 0 Å². The first kappa shape index (κ1) is 10.6. The van der Waals surface area contributed by atoms with E-state index in [0.29, 0.717) is 0 Å². The Balaban J connectivity index is 2.15. The minimum atomic E-state index is -0.429. The molecule has 84 valence electrons. The highest BCUT2D eigenvalue weighted by Crippen LogP contribution is 2.11. The van der Waals surface area contributed by atoms with Gasteiger partial charge in [0.15, 0.2) is 0 Å². The van der Waals surface area contributed by atoms with E-state index >= 15 is 0 Å². The molecule has 5 heteroatoms. The van der Waals surface area contributed by atoms with Crippen LogP contribution in [0, 0.1) is 5.82 Å². The minimum absolute atomic E-state index is 0.259. The Morgan fingerprint density at radius 3 is 2.69 bits per heavy atom. The highest BCUT2D eigenvalue weighted by Gasteiger charge is 2.00. The summed E-state index contributed by atoms with van der Waals surface area (Å²) in [5.74, 6) is -0.285. The fraction of sp³-hybridized carbons (Fsp3) is 0.182. The molecule has 1 heterocycles. The van der Waals surface area contributed by atoms with Gasteiger partial charge in [-0.25, -0.2) is 13.5 Å². The Morgan fingerprint density at radius 2 is 2.00 bits per heavy atom. The molecule has 0 unspecified atom stereocenters. The zero-order valence-electron chi connectivity index (χ0n) is 8.53. The van der Waals surface area contributed by atoms with Crippen molar-refractivity contribution in [1.82, 2.24) is 9.78 Å². The van der Waals surface area contributed by atoms with Gasteiger partial charge in [-0.05, 0) is 24.3 Å².